The molecule has 0 atom stereocenters. The molecule has 0 aliphatic carbocycles. The van der Waals surface area contributed by atoms with Gasteiger partial charge in [0.1, 0.15) is 6.20 Å². The number of nitrogens with zero attached hydrogens (tertiary/aromatic N) is 1. The highest BCUT2D eigenvalue weighted by atomic mass is 32.1. The van der Waals surface area contributed by atoms with Gasteiger partial charge in [0.2, 0.25) is 4.83 Å². The van der Waals surface area contributed by atoms with Crippen LogP contribution in [0, 0.1) is 0 Å². The van der Waals surface area contributed by atoms with Crippen LogP contribution in [-0.4, -0.2) is 12.2 Å². The van der Waals surface area contributed by atoms with E-state index < -0.39 is 7.25 Å². The molecule has 76 valence electrons. The lowest BCUT2D eigenvalue weighted by Crippen LogP contribution is -2.02. The summed E-state index contributed by atoms with van der Waals surface area (Å²) in [6.07, 6.45) is 3.64. The van der Waals surface area contributed by atoms with Crippen molar-refractivity contribution in [3.05, 3.63) is 24.0 Å². The standard InChI is InChI=1S/C6H4N2S.BF4/c1-2-9-6-5(1)3-7-4-8-6;2-1(3,4)5/h1-4H;/q;-1/p+1. The number of halogens is 4. The highest BCUT2D eigenvalue weighted by Crippen LogP contribution is 2.13. The maximum absolute atomic E-state index is 9.75. The smallest absolute Gasteiger partial charge is 0.418 e. The summed E-state index contributed by atoms with van der Waals surface area (Å²) in [5.41, 5.74) is 0. The number of aromatic amines is 1. The van der Waals surface area contributed by atoms with Crippen LogP contribution in [0.4, 0.5) is 17.3 Å². The van der Waals surface area contributed by atoms with Crippen molar-refractivity contribution >= 4 is 28.8 Å². The number of H-pyrrole nitrogens is 1. The van der Waals surface area contributed by atoms with E-state index >= 15 is 0 Å². The summed E-state index contributed by atoms with van der Waals surface area (Å²) in [5, 5.41) is 3.22. The fourth-order valence-corrected chi connectivity index (χ4v) is 1.47. The van der Waals surface area contributed by atoms with Gasteiger partial charge in [0.25, 0.3) is 6.33 Å². The van der Waals surface area contributed by atoms with Crippen molar-refractivity contribution in [3.8, 4) is 0 Å². The first-order valence-electron chi connectivity index (χ1n) is 3.53. The summed E-state index contributed by atoms with van der Waals surface area (Å²) >= 11 is 1.66. The van der Waals surface area contributed by atoms with Gasteiger partial charge in [0, 0.05) is 0 Å². The highest BCUT2D eigenvalue weighted by Gasteiger charge is 2.20. The molecule has 14 heavy (non-hydrogen) atoms. The molecule has 0 saturated carbocycles. The third kappa shape index (κ3) is 4.17. The highest BCUT2D eigenvalue weighted by molar-refractivity contribution is 7.16. The van der Waals surface area contributed by atoms with E-state index in [0.717, 1.165) is 4.83 Å². The zero-order valence-electron chi connectivity index (χ0n) is 6.75. The fourth-order valence-electron chi connectivity index (χ4n) is 0.749. The summed E-state index contributed by atoms with van der Waals surface area (Å²) in [5.74, 6) is 0. The van der Waals surface area contributed by atoms with Crippen LogP contribution in [0.25, 0.3) is 10.2 Å². The Bertz CT molecular complexity index is 366. The first kappa shape index (κ1) is 10.9. The van der Waals surface area contributed by atoms with Crippen molar-refractivity contribution in [2.75, 3.05) is 0 Å². The molecule has 0 aromatic carbocycles. The van der Waals surface area contributed by atoms with Crippen molar-refractivity contribution < 1.29 is 22.2 Å². The number of nitrogens with one attached hydrogen (secondary N) is 1. The lowest BCUT2D eigenvalue weighted by atomic mass is 10.3. The van der Waals surface area contributed by atoms with Crippen molar-refractivity contribution in [3.63, 3.8) is 0 Å². The predicted molar refractivity (Wildman–Crippen MR) is 46.4 cm³/mol. The monoisotopic (exact) mass is 224 g/mol. The van der Waals surface area contributed by atoms with Gasteiger partial charge in [-0.25, -0.2) is 4.98 Å². The molecule has 2 rings (SSSR count). The maximum Gasteiger partial charge on any atom is 0.673 e. The van der Waals surface area contributed by atoms with E-state index in [1.54, 1.807) is 17.7 Å². The normalized spacial score (nSPS) is 10.9. The molecular weight excluding hydrogens is 219 g/mol. The van der Waals surface area contributed by atoms with E-state index in [2.05, 4.69) is 9.97 Å². The summed E-state index contributed by atoms with van der Waals surface area (Å²) in [6, 6.07) is 2.05. The SMILES string of the molecule is F[B-](F)(F)F.c1nc2sccc2c[nH+]1. The summed E-state index contributed by atoms with van der Waals surface area (Å²) in [7, 11) is -6.00. The molecule has 0 unspecified atom stereocenters. The van der Waals surface area contributed by atoms with Crippen LogP contribution in [0.5, 0.6) is 0 Å². The predicted octanol–water partition coefficient (Wildman–Crippen LogP) is 2.41. The fraction of sp³-hybridized carbons (Fsp3) is 0. The minimum Gasteiger partial charge on any atom is -0.418 e. The Kier molecular flexibility index (Phi) is 3.40. The van der Waals surface area contributed by atoms with Crippen LogP contribution in [0.1, 0.15) is 0 Å². The Morgan fingerprint density at radius 2 is 1.93 bits per heavy atom. The Hall–Kier alpha value is -1.18. The van der Waals surface area contributed by atoms with Gasteiger partial charge in [-0.3, -0.25) is 0 Å². The molecule has 0 aliphatic rings. The average molecular weight is 224 g/mol. The molecule has 8 heteroatoms. The van der Waals surface area contributed by atoms with Gasteiger partial charge >= 0.3 is 7.25 Å². The largest absolute Gasteiger partial charge is 0.673 e. The molecule has 2 aromatic heterocycles. The zero-order chi connectivity index (χ0) is 10.6. The van der Waals surface area contributed by atoms with Gasteiger partial charge in [0.05, 0.1) is 5.39 Å². The van der Waals surface area contributed by atoms with E-state index in [-0.39, 0.29) is 0 Å². The molecule has 0 fully saturated rings. The third-order valence-electron chi connectivity index (χ3n) is 1.17. The Morgan fingerprint density at radius 3 is 2.50 bits per heavy atom. The molecule has 2 heterocycles. The maximum atomic E-state index is 9.75. The summed E-state index contributed by atoms with van der Waals surface area (Å²) < 4.78 is 39.0. The van der Waals surface area contributed by atoms with Crippen molar-refractivity contribution in [1.29, 1.82) is 0 Å². The van der Waals surface area contributed by atoms with Crippen molar-refractivity contribution in [1.82, 2.24) is 4.98 Å². The number of fused-ring (bicyclic) bond motifs is 1. The topological polar surface area (TPSA) is 27.0 Å². The molecular formula is C6H5BF4N2S. The van der Waals surface area contributed by atoms with Crippen LogP contribution < -0.4 is 4.98 Å². The van der Waals surface area contributed by atoms with Crippen molar-refractivity contribution in [2.24, 2.45) is 0 Å². The minimum atomic E-state index is -6.00. The molecule has 0 radical (unpaired) electrons. The molecule has 0 amide bonds. The van der Waals surface area contributed by atoms with Crippen molar-refractivity contribution in [2.45, 2.75) is 0 Å². The zero-order valence-corrected chi connectivity index (χ0v) is 7.57. The van der Waals surface area contributed by atoms with E-state index in [4.69, 9.17) is 0 Å². The number of hydrogen-bond donors (Lipinski definition) is 0. The summed E-state index contributed by atoms with van der Waals surface area (Å²) in [4.78, 5) is 8.11. The van der Waals surface area contributed by atoms with Crippen LogP contribution in [0.2, 0.25) is 0 Å². The van der Waals surface area contributed by atoms with Crippen LogP contribution >= 0.6 is 11.3 Å². The third-order valence-corrected chi connectivity index (χ3v) is 2.01. The second-order valence-electron chi connectivity index (χ2n) is 2.25. The lowest BCUT2D eigenvalue weighted by molar-refractivity contribution is -0.380. The molecule has 0 saturated heterocycles. The number of thiophene rings is 1. The Morgan fingerprint density at radius 1 is 1.29 bits per heavy atom. The van der Waals surface area contributed by atoms with E-state index in [1.165, 1.54) is 5.39 Å². The van der Waals surface area contributed by atoms with Gasteiger partial charge in [0.15, 0.2) is 0 Å². The van der Waals surface area contributed by atoms with Crippen LogP contribution in [0.3, 0.4) is 0 Å². The average Bonchev–Trinajstić information content (AvgIpc) is 2.47. The molecule has 0 spiro atoms. The number of hydrogen-bond acceptors (Lipinski definition) is 2. The quantitative estimate of drug-likeness (QED) is 0.498. The number of aromatic nitrogens is 2. The van der Waals surface area contributed by atoms with Gasteiger partial charge in [-0.05, 0) is 16.4 Å². The minimum absolute atomic E-state index is 1.09. The summed E-state index contributed by atoms with van der Waals surface area (Å²) in [6.45, 7) is 0. The van der Waals surface area contributed by atoms with E-state index in [0.29, 0.717) is 0 Å². The number of rotatable bonds is 0. The molecule has 2 aromatic rings. The molecule has 0 aliphatic heterocycles. The van der Waals surface area contributed by atoms with E-state index in [1.807, 2.05) is 17.6 Å². The Balaban J connectivity index is 0.000000171. The van der Waals surface area contributed by atoms with E-state index in [9.17, 15) is 17.3 Å². The molecule has 0 bridgehead atoms. The van der Waals surface area contributed by atoms with Crippen LogP contribution in [0.15, 0.2) is 24.0 Å². The van der Waals surface area contributed by atoms with Gasteiger partial charge in [-0.1, -0.05) is 11.3 Å². The first-order chi connectivity index (χ1) is 6.47. The molecule has 2 nitrogen and oxygen atoms in total. The second-order valence-corrected chi connectivity index (χ2v) is 3.14. The van der Waals surface area contributed by atoms with Gasteiger partial charge < -0.3 is 17.3 Å². The second kappa shape index (κ2) is 4.36. The van der Waals surface area contributed by atoms with Gasteiger partial charge in [-0.2, -0.15) is 0 Å². The van der Waals surface area contributed by atoms with Gasteiger partial charge in [-0.15, -0.1) is 0 Å². The first-order valence-corrected chi connectivity index (χ1v) is 4.41. The van der Waals surface area contributed by atoms with Crippen LogP contribution in [-0.2, 0) is 0 Å². The molecule has 1 N–H and O–H groups in total. The lowest BCUT2D eigenvalue weighted by Gasteiger charge is -1.94. The Labute approximate surface area is 80.7 Å².